The molecular weight excluding hydrogens is 414 g/mol. The fourth-order valence-corrected chi connectivity index (χ4v) is 4.18. The first-order valence-corrected chi connectivity index (χ1v) is 10.8. The van der Waals surface area contributed by atoms with Gasteiger partial charge in [0.25, 0.3) is 0 Å². The van der Waals surface area contributed by atoms with Gasteiger partial charge in [0.2, 0.25) is 15.9 Å². The maximum Gasteiger partial charge on any atom is 0.244 e. The fraction of sp³-hybridized carbons (Fsp3) is 0.350. The van der Waals surface area contributed by atoms with Gasteiger partial charge in [-0.25, -0.2) is 12.7 Å². The number of anilines is 1. The topological polar surface area (TPSA) is 87.7 Å². The van der Waals surface area contributed by atoms with E-state index in [0.29, 0.717) is 5.69 Å². The zero-order valence-electron chi connectivity index (χ0n) is 17.1. The number of carbonyl (C=O) groups is 1. The van der Waals surface area contributed by atoms with Crippen molar-refractivity contribution >= 4 is 33.2 Å². The number of methoxy groups -OCH3 is 1. The quantitative estimate of drug-likeness (QED) is 0.659. The second-order valence-electron chi connectivity index (χ2n) is 6.77. The number of nitrogens with zero attached hydrogens (tertiary/aromatic N) is 1. The minimum absolute atomic E-state index is 0.0648. The summed E-state index contributed by atoms with van der Waals surface area (Å²) in [6.45, 7) is 3.67. The fourth-order valence-electron chi connectivity index (χ4n) is 2.79. The molecule has 1 amide bonds. The van der Waals surface area contributed by atoms with Crippen LogP contribution in [-0.4, -0.2) is 45.9 Å². The Hall–Kier alpha value is -2.13. The molecule has 9 heteroatoms. The maximum atomic E-state index is 12.6. The van der Waals surface area contributed by atoms with Crippen molar-refractivity contribution in [1.82, 2.24) is 9.62 Å². The van der Waals surface area contributed by atoms with E-state index in [4.69, 9.17) is 16.3 Å². The normalized spacial score (nSPS) is 13.8. The molecule has 29 heavy (non-hydrogen) atoms. The summed E-state index contributed by atoms with van der Waals surface area (Å²) in [4.78, 5) is 12.6. The van der Waals surface area contributed by atoms with Crippen LogP contribution in [0.3, 0.4) is 0 Å². The molecule has 0 aliphatic heterocycles. The Balaban J connectivity index is 2.14. The van der Waals surface area contributed by atoms with Crippen LogP contribution >= 0.6 is 11.6 Å². The Kier molecular flexibility index (Phi) is 7.65. The molecule has 0 heterocycles. The van der Waals surface area contributed by atoms with Crippen LogP contribution in [0.25, 0.3) is 0 Å². The molecule has 2 atom stereocenters. The molecule has 0 radical (unpaired) electrons. The molecule has 0 saturated carbocycles. The third-order valence-corrected chi connectivity index (χ3v) is 6.75. The lowest BCUT2D eigenvalue weighted by molar-refractivity contribution is -0.117. The molecular formula is C20H26ClN3O4S. The molecule has 0 aromatic heterocycles. The number of halogens is 1. The summed E-state index contributed by atoms with van der Waals surface area (Å²) >= 11 is 6.05. The van der Waals surface area contributed by atoms with Crippen LogP contribution < -0.4 is 15.4 Å². The summed E-state index contributed by atoms with van der Waals surface area (Å²) in [7, 11) is 0.708. The van der Waals surface area contributed by atoms with Crippen molar-refractivity contribution in [2.75, 3.05) is 26.5 Å². The second-order valence-corrected chi connectivity index (χ2v) is 9.30. The summed E-state index contributed by atoms with van der Waals surface area (Å²) in [5, 5.41) is 6.04. The van der Waals surface area contributed by atoms with Gasteiger partial charge < -0.3 is 10.1 Å². The number of sulfonamides is 1. The highest BCUT2D eigenvalue weighted by atomic mass is 35.5. The van der Waals surface area contributed by atoms with E-state index in [-0.39, 0.29) is 21.9 Å². The first-order valence-electron chi connectivity index (χ1n) is 8.99. The Morgan fingerprint density at radius 1 is 1.14 bits per heavy atom. The van der Waals surface area contributed by atoms with E-state index in [2.05, 4.69) is 10.6 Å². The Bertz CT molecular complexity index is 979. The number of carbonyl (C=O) groups excluding carboxylic acids is 1. The summed E-state index contributed by atoms with van der Waals surface area (Å²) < 4.78 is 31.2. The number of benzene rings is 2. The van der Waals surface area contributed by atoms with Crippen molar-refractivity contribution in [3.05, 3.63) is 53.1 Å². The lowest BCUT2D eigenvalue weighted by Crippen LogP contribution is -2.39. The van der Waals surface area contributed by atoms with Gasteiger partial charge >= 0.3 is 0 Å². The van der Waals surface area contributed by atoms with Gasteiger partial charge in [-0.15, -0.1) is 0 Å². The zero-order valence-corrected chi connectivity index (χ0v) is 18.6. The molecule has 0 saturated heterocycles. The van der Waals surface area contributed by atoms with E-state index in [1.165, 1.54) is 26.2 Å². The highest BCUT2D eigenvalue weighted by Crippen LogP contribution is 2.27. The highest BCUT2D eigenvalue weighted by Gasteiger charge is 2.23. The van der Waals surface area contributed by atoms with E-state index in [1.807, 2.05) is 31.2 Å². The molecule has 0 bridgehead atoms. The van der Waals surface area contributed by atoms with Gasteiger partial charge in [-0.2, -0.15) is 0 Å². The summed E-state index contributed by atoms with van der Waals surface area (Å²) in [5.74, 6) is 0.429. The average Bonchev–Trinajstić information content (AvgIpc) is 2.68. The SMILES string of the molecule is COc1ccccc1[C@@H](C)N[C@@H](C)C(=O)Nc1ccc(Cl)c(S(=O)(=O)N(C)C)c1. The standard InChI is InChI=1S/C20H26ClN3O4S/c1-13(16-8-6-7-9-18(16)28-5)22-14(2)20(25)23-15-10-11-17(21)19(12-15)29(26,27)24(3)4/h6-14,22H,1-5H3,(H,23,25)/t13-,14+/m1/s1. The van der Waals surface area contributed by atoms with Crippen LogP contribution in [0.5, 0.6) is 5.75 Å². The molecule has 0 aliphatic rings. The predicted molar refractivity (Wildman–Crippen MR) is 115 cm³/mol. The molecule has 7 nitrogen and oxygen atoms in total. The van der Waals surface area contributed by atoms with Crippen LogP contribution in [0.2, 0.25) is 5.02 Å². The van der Waals surface area contributed by atoms with Crippen molar-refractivity contribution in [3.63, 3.8) is 0 Å². The van der Waals surface area contributed by atoms with Gasteiger partial charge in [-0.05, 0) is 38.1 Å². The minimum Gasteiger partial charge on any atom is -0.496 e. The van der Waals surface area contributed by atoms with Crippen molar-refractivity contribution in [1.29, 1.82) is 0 Å². The Labute approximate surface area is 177 Å². The second kappa shape index (κ2) is 9.58. The Morgan fingerprint density at radius 3 is 2.41 bits per heavy atom. The first kappa shape index (κ1) is 23.2. The molecule has 2 rings (SSSR count). The highest BCUT2D eigenvalue weighted by molar-refractivity contribution is 7.89. The average molecular weight is 440 g/mol. The largest absolute Gasteiger partial charge is 0.496 e. The van der Waals surface area contributed by atoms with E-state index >= 15 is 0 Å². The van der Waals surface area contributed by atoms with Crippen LogP contribution in [0.4, 0.5) is 5.69 Å². The van der Waals surface area contributed by atoms with Crippen molar-refractivity contribution in [2.45, 2.75) is 30.8 Å². The summed E-state index contributed by atoms with van der Waals surface area (Å²) in [6.07, 6.45) is 0. The number of ether oxygens (including phenoxy) is 1. The molecule has 2 N–H and O–H groups in total. The number of hydrogen-bond donors (Lipinski definition) is 2. The summed E-state index contributed by atoms with van der Waals surface area (Å²) in [5.41, 5.74) is 1.28. The van der Waals surface area contributed by atoms with Gasteiger partial charge in [0.05, 0.1) is 18.2 Å². The molecule has 2 aromatic carbocycles. The maximum absolute atomic E-state index is 12.6. The van der Waals surface area contributed by atoms with Crippen LogP contribution in [0, 0.1) is 0 Å². The minimum atomic E-state index is -3.73. The van der Waals surface area contributed by atoms with Gasteiger partial charge in [-0.3, -0.25) is 10.1 Å². The van der Waals surface area contributed by atoms with E-state index in [0.717, 1.165) is 15.6 Å². The number of para-hydroxylation sites is 1. The zero-order chi connectivity index (χ0) is 21.8. The van der Waals surface area contributed by atoms with Crippen molar-refractivity contribution in [3.8, 4) is 5.75 Å². The van der Waals surface area contributed by atoms with Crippen molar-refractivity contribution < 1.29 is 17.9 Å². The predicted octanol–water partition coefficient (Wildman–Crippen LogP) is 3.28. The molecule has 158 valence electrons. The van der Waals surface area contributed by atoms with E-state index < -0.39 is 16.1 Å². The third-order valence-electron chi connectivity index (χ3n) is 4.46. The van der Waals surface area contributed by atoms with Crippen LogP contribution in [-0.2, 0) is 14.8 Å². The molecule has 0 unspecified atom stereocenters. The van der Waals surface area contributed by atoms with Crippen molar-refractivity contribution in [2.24, 2.45) is 0 Å². The molecule has 0 fully saturated rings. The van der Waals surface area contributed by atoms with Gasteiger partial charge in [0.15, 0.2) is 0 Å². The van der Waals surface area contributed by atoms with E-state index in [9.17, 15) is 13.2 Å². The molecule has 0 spiro atoms. The molecule has 2 aromatic rings. The number of rotatable bonds is 8. The summed E-state index contributed by atoms with van der Waals surface area (Å²) in [6, 6.07) is 11.3. The first-order chi connectivity index (χ1) is 13.6. The Morgan fingerprint density at radius 2 is 1.79 bits per heavy atom. The monoisotopic (exact) mass is 439 g/mol. The smallest absolute Gasteiger partial charge is 0.244 e. The molecule has 0 aliphatic carbocycles. The van der Waals surface area contributed by atoms with Crippen LogP contribution in [0.15, 0.2) is 47.4 Å². The van der Waals surface area contributed by atoms with Gasteiger partial charge in [0.1, 0.15) is 10.6 Å². The van der Waals surface area contributed by atoms with Crippen LogP contribution in [0.1, 0.15) is 25.5 Å². The van der Waals surface area contributed by atoms with Gasteiger partial charge in [0, 0.05) is 31.4 Å². The number of amides is 1. The third kappa shape index (κ3) is 5.48. The number of hydrogen-bond acceptors (Lipinski definition) is 5. The van der Waals surface area contributed by atoms with E-state index in [1.54, 1.807) is 20.1 Å². The lowest BCUT2D eigenvalue weighted by Gasteiger charge is -2.22. The number of nitrogens with one attached hydrogen (secondary N) is 2. The lowest BCUT2D eigenvalue weighted by atomic mass is 10.1. The van der Waals surface area contributed by atoms with Gasteiger partial charge in [-0.1, -0.05) is 29.8 Å².